The van der Waals surface area contributed by atoms with Crippen molar-refractivity contribution in [3.8, 4) is 0 Å². The number of carbonyl (C=O) groups excluding carboxylic acids is 3. The second-order valence-corrected chi connectivity index (χ2v) is 10.5. The zero-order valence-corrected chi connectivity index (χ0v) is 22.5. The number of hydrogen-bond acceptors (Lipinski definition) is 7. The average Bonchev–Trinajstić information content (AvgIpc) is 3.43. The molecule has 0 saturated carbocycles. The molecule has 2 heterocycles. The van der Waals surface area contributed by atoms with Crippen LogP contribution in [0.1, 0.15) is 49.8 Å². The van der Waals surface area contributed by atoms with Gasteiger partial charge in [-0.3, -0.25) is 14.5 Å². The van der Waals surface area contributed by atoms with Crippen LogP contribution in [0.4, 0.5) is 5.13 Å². The number of hydrogen-bond donors (Lipinski definition) is 1. The Morgan fingerprint density at radius 2 is 1.66 bits per heavy atom. The lowest BCUT2D eigenvalue weighted by Gasteiger charge is -2.23. The summed E-state index contributed by atoms with van der Waals surface area (Å²) in [5.74, 6) is -2.31. The molecule has 1 aliphatic heterocycles. The number of ketones is 1. The molecule has 1 atom stereocenters. The first-order valence-electron chi connectivity index (χ1n) is 12.1. The Morgan fingerprint density at radius 1 is 0.947 bits per heavy atom. The van der Waals surface area contributed by atoms with Gasteiger partial charge < -0.3 is 9.84 Å². The summed E-state index contributed by atoms with van der Waals surface area (Å²) >= 11 is 1.32. The second-order valence-electron chi connectivity index (χ2n) is 9.53. The molecule has 0 bridgehead atoms. The summed E-state index contributed by atoms with van der Waals surface area (Å²) < 4.78 is 5.70. The van der Waals surface area contributed by atoms with Gasteiger partial charge in [0.2, 0.25) is 0 Å². The van der Waals surface area contributed by atoms with Crippen LogP contribution in [-0.2, 0) is 14.3 Å². The summed E-state index contributed by atoms with van der Waals surface area (Å²) in [7, 11) is 1.30. The maximum absolute atomic E-state index is 13.6. The van der Waals surface area contributed by atoms with Gasteiger partial charge in [0.05, 0.1) is 34.5 Å². The van der Waals surface area contributed by atoms with E-state index in [4.69, 9.17) is 9.72 Å². The number of ether oxygens (including phenoxy) is 1. The number of amides is 1. The number of anilines is 1. The molecule has 8 heteroatoms. The van der Waals surface area contributed by atoms with E-state index >= 15 is 0 Å². The second kappa shape index (κ2) is 9.54. The molecule has 0 aliphatic carbocycles. The minimum Gasteiger partial charge on any atom is -0.507 e. The van der Waals surface area contributed by atoms with E-state index in [1.165, 1.54) is 23.3 Å². The minimum atomic E-state index is -0.941. The quantitative estimate of drug-likeness (QED) is 0.153. The van der Waals surface area contributed by atoms with E-state index < -0.39 is 23.7 Å². The number of aliphatic hydroxyl groups excluding tert-OH is 1. The van der Waals surface area contributed by atoms with Crippen molar-refractivity contribution >= 4 is 50.1 Å². The van der Waals surface area contributed by atoms with Crippen LogP contribution < -0.4 is 4.90 Å². The fraction of sp³-hybridized carbons (Fsp3) is 0.200. The highest BCUT2D eigenvalue weighted by Gasteiger charge is 2.48. The van der Waals surface area contributed by atoms with Crippen LogP contribution in [0.5, 0.6) is 0 Å². The van der Waals surface area contributed by atoms with Gasteiger partial charge in [-0.1, -0.05) is 47.2 Å². The molecule has 0 radical (unpaired) electrons. The van der Waals surface area contributed by atoms with Crippen LogP contribution in [0.2, 0.25) is 0 Å². The van der Waals surface area contributed by atoms with Crippen molar-refractivity contribution < 1.29 is 24.2 Å². The van der Waals surface area contributed by atoms with Gasteiger partial charge in [-0.15, -0.1) is 0 Å². The lowest BCUT2D eigenvalue weighted by atomic mass is 9.93. The number of methoxy groups -OCH3 is 1. The van der Waals surface area contributed by atoms with E-state index in [1.54, 1.807) is 30.3 Å². The molecular formula is C30H26N2O5S. The van der Waals surface area contributed by atoms with Gasteiger partial charge in [-0.05, 0) is 74.2 Å². The van der Waals surface area contributed by atoms with Gasteiger partial charge in [-0.25, -0.2) is 9.78 Å². The Morgan fingerprint density at radius 3 is 2.34 bits per heavy atom. The van der Waals surface area contributed by atoms with Crippen LogP contribution in [-0.4, -0.2) is 34.9 Å². The van der Waals surface area contributed by atoms with E-state index in [1.807, 2.05) is 52.0 Å². The van der Waals surface area contributed by atoms with Crippen LogP contribution >= 0.6 is 11.3 Å². The molecule has 1 N–H and O–H groups in total. The summed E-state index contributed by atoms with van der Waals surface area (Å²) in [5, 5.41) is 11.9. The first-order chi connectivity index (χ1) is 18.1. The number of nitrogens with zero attached hydrogens (tertiary/aromatic N) is 2. The standard InChI is InChI=1S/C30H26N2O5S/c1-15-6-7-17(3)21(13-15)26(33)23-25(19-8-10-20(11-9-19)29(36)37-5)32(28(35)27(23)34)30-31-24-18(4)12-16(2)14-22(24)38-30/h6-14,25,33H,1-5H3/b26-23+. The number of Topliss-reactive ketones (excluding diaryl/α,β-unsaturated/α-hetero) is 1. The van der Waals surface area contributed by atoms with Crippen molar-refractivity contribution in [2.75, 3.05) is 12.0 Å². The summed E-state index contributed by atoms with van der Waals surface area (Å²) in [6.45, 7) is 7.67. The fourth-order valence-electron chi connectivity index (χ4n) is 4.86. The van der Waals surface area contributed by atoms with Crippen molar-refractivity contribution in [2.24, 2.45) is 0 Å². The van der Waals surface area contributed by atoms with Crippen LogP contribution in [0.15, 0.2) is 60.2 Å². The third kappa shape index (κ3) is 4.16. The highest BCUT2D eigenvalue weighted by molar-refractivity contribution is 7.22. The Balaban J connectivity index is 1.75. The lowest BCUT2D eigenvalue weighted by molar-refractivity contribution is -0.132. The molecule has 1 amide bonds. The van der Waals surface area contributed by atoms with Crippen molar-refractivity contribution in [3.63, 3.8) is 0 Å². The maximum Gasteiger partial charge on any atom is 0.337 e. The highest BCUT2D eigenvalue weighted by atomic mass is 32.1. The first-order valence-corrected chi connectivity index (χ1v) is 12.9. The van der Waals surface area contributed by atoms with E-state index in [2.05, 4.69) is 0 Å². The molecule has 1 aliphatic rings. The number of aliphatic hydroxyl groups is 1. The highest BCUT2D eigenvalue weighted by Crippen LogP contribution is 2.45. The molecule has 1 unspecified atom stereocenters. The Labute approximate surface area is 224 Å². The molecule has 7 nitrogen and oxygen atoms in total. The van der Waals surface area contributed by atoms with E-state index in [0.717, 1.165) is 32.5 Å². The van der Waals surface area contributed by atoms with Crippen molar-refractivity contribution in [1.82, 2.24) is 4.98 Å². The van der Waals surface area contributed by atoms with Gasteiger partial charge in [-0.2, -0.15) is 0 Å². The summed E-state index contributed by atoms with van der Waals surface area (Å²) in [4.78, 5) is 45.2. The zero-order chi connectivity index (χ0) is 27.3. The molecule has 1 aromatic heterocycles. The molecule has 4 aromatic rings. The van der Waals surface area contributed by atoms with E-state index in [-0.39, 0.29) is 11.3 Å². The number of esters is 1. The summed E-state index contributed by atoms with van der Waals surface area (Å²) in [5.41, 5.74) is 5.80. The van der Waals surface area contributed by atoms with Gasteiger partial charge in [0.25, 0.3) is 5.78 Å². The number of aryl methyl sites for hydroxylation is 4. The zero-order valence-electron chi connectivity index (χ0n) is 21.7. The van der Waals surface area contributed by atoms with Gasteiger partial charge in [0.15, 0.2) is 5.13 Å². The Kier molecular flexibility index (Phi) is 6.36. The smallest absolute Gasteiger partial charge is 0.337 e. The van der Waals surface area contributed by atoms with Crippen LogP contribution in [0.3, 0.4) is 0 Å². The number of carbonyl (C=O) groups is 3. The monoisotopic (exact) mass is 526 g/mol. The molecule has 192 valence electrons. The van der Waals surface area contributed by atoms with Crippen molar-refractivity contribution in [3.05, 3.63) is 99.1 Å². The van der Waals surface area contributed by atoms with Crippen LogP contribution in [0.25, 0.3) is 16.0 Å². The van der Waals surface area contributed by atoms with Gasteiger partial charge >= 0.3 is 11.9 Å². The largest absolute Gasteiger partial charge is 0.507 e. The number of benzene rings is 3. The normalized spacial score (nSPS) is 16.9. The SMILES string of the molecule is COC(=O)c1ccc(C2/C(=C(\O)c3cc(C)ccc3C)C(=O)C(=O)N2c2nc3c(C)cc(C)cc3s2)cc1. The molecule has 38 heavy (non-hydrogen) atoms. The predicted molar refractivity (Wildman–Crippen MR) is 148 cm³/mol. The fourth-order valence-corrected chi connectivity index (χ4v) is 6.03. The lowest BCUT2D eigenvalue weighted by Crippen LogP contribution is -2.29. The topological polar surface area (TPSA) is 96.8 Å². The van der Waals surface area contributed by atoms with E-state index in [0.29, 0.717) is 21.8 Å². The maximum atomic E-state index is 13.6. The molecule has 3 aromatic carbocycles. The van der Waals surface area contributed by atoms with E-state index in [9.17, 15) is 19.5 Å². The Hall–Kier alpha value is -4.30. The average molecular weight is 527 g/mol. The number of thiazole rings is 1. The summed E-state index contributed by atoms with van der Waals surface area (Å²) in [6.07, 6.45) is 0. The molecule has 5 rings (SSSR count). The predicted octanol–water partition coefficient (Wildman–Crippen LogP) is 5.94. The van der Waals surface area contributed by atoms with Crippen molar-refractivity contribution in [1.29, 1.82) is 0 Å². The third-order valence-corrected chi connectivity index (χ3v) is 7.77. The van der Waals surface area contributed by atoms with Crippen LogP contribution in [0, 0.1) is 27.7 Å². The molecular weight excluding hydrogens is 500 g/mol. The number of aromatic nitrogens is 1. The van der Waals surface area contributed by atoms with Gasteiger partial charge in [0, 0.05) is 5.56 Å². The molecule has 0 spiro atoms. The first kappa shape index (κ1) is 25.4. The third-order valence-electron chi connectivity index (χ3n) is 6.76. The molecule has 1 fully saturated rings. The number of rotatable bonds is 4. The number of fused-ring (bicyclic) bond motifs is 1. The summed E-state index contributed by atoms with van der Waals surface area (Å²) in [6, 6.07) is 15.1. The molecule has 1 saturated heterocycles. The van der Waals surface area contributed by atoms with Gasteiger partial charge in [0.1, 0.15) is 5.76 Å². The van der Waals surface area contributed by atoms with Crippen molar-refractivity contribution in [2.45, 2.75) is 33.7 Å². The Bertz CT molecular complexity index is 1670. The minimum absolute atomic E-state index is 0.0262.